The normalized spacial score (nSPS) is 13.9. The lowest BCUT2D eigenvalue weighted by atomic mass is 10.2. The molecule has 0 radical (unpaired) electrons. The number of para-hydroxylation sites is 1. The van der Waals surface area contributed by atoms with Crippen LogP contribution in [0.3, 0.4) is 0 Å². The number of nitrogens with one attached hydrogen (secondary N) is 1. The molecule has 1 aliphatic heterocycles. The first-order valence-corrected chi connectivity index (χ1v) is 11.5. The molecule has 0 bridgehead atoms. The number of rotatable bonds is 5. The van der Waals surface area contributed by atoms with Gasteiger partial charge in [-0.15, -0.1) is 11.8 Å². The largest absolute Gasteiger partial charge is 0.292 e. The van der Waals surface area contributed by atoms with Crippen molar-refractivity contribution in [3.8, 4) is 5.82 Å². The third-order valence-electron chi connectivity index (χ3n) is 4.60. The topological polar surface area (TPSA) is 88.1 Å². The van der Waals surface area contributed by atoms with Crippen molar-refractivity contribution in [1.29, 1.82) is 0 Å². The maximum atomic E-state index is 13.0. The van der Waals surface area contributed by atoms with Crippen LogP contribution in [0.1, 0.15) is 19.0 Å². The van der Waals surface area contributed by atoms with Gasteiger partial charge < -0.3 is 0 Å². The summed E-state index contributed by atoms with van der Waals surface area (Å²) in [6.45, 7) is 2.08. The number of hydrogen-bond donors (Lipinski definition) is 1. The summed E-state index contributed by atoms with van der Waals surface area (Å²) < 4.78 is 28.8. The molecule has 0 fully saturated rings. The summed E-state index contributed by atoms with van der Waals surface area (Å²) in [4.78, 5) is 17.6. The van der Waals surface area contributed by atoms with Gasteiger partial charge in [0.15, 0.2) is 5.82 Å². The van der Waals surface area contributed by atoms with Crippen LogP contribution in [0.15, 0.2) is 63.2 Å². The van der Waals surface area contributed by atoms with E-state index in [0.717, 1.165) is 29.2 Å². The summed E-state index contributed by atoms with van der Waals surface area (Å²) in [5, 5.41) is 3.10. The lowest BCUT2D eigenvalue weighted by molar-refractivity contribution is 0.591. The van der Waals surface area contributed by atoms with Crippen LogP contribution in [0.5, 0.6) is 0 Å². The smallest absolute Gasteiger partial charge is 0.286 e. The van der Waals surface area contributed by atoms with Crippen LogP contribution in [0.25, 0.3) is 5.82 Å². The number of thioether (sulfide) groups is 1. The summed E-state index contributed by atoms with van der Waals surface area (Å²) in [5.74, 6) is 1.30. The zero-order valence-electron chi connectivity index (χ0n) is 15.3. The zero-order valence-corrected chi connectivity index (χ0v) is 17.0. The molecule has 0 saturated heterocycles. The van der Waals surface area contributed by atoms with Crippen molar-refractivity contribution in [3.63, 3.8) is 0 Å². The highest BCUT2D eigenvalue weighted by Crippen LogP contribution is 2.27. The second-order valence-corrected chi connectivity index (χ2v) is 9.34. The first kappa shape index (κ1) is 18.8. The van der Waals surface area contributed by atoms with Crippen LogP contribution in [-0.4, -0.2) is 35.5 Å². The Bertz CT molecular complexity index is 1140. The molecule has 2 aromatic heterocycles. The number of H-pyrrole nitrogens is 1. The van der Waals surface area contributed by atoms with Gasteiger partial charge in [-0.1, -0.05) is 18.2 Å². The zero-order chi connectivity index (χ0) is 19.7. The van der Waals surface area contributed by atoms with Gasteiger partial charge in [0.2, 0.25) is 0 Å². The molecule has 1 aliphatic rings. The maximum absolute atomic E-state index is 13.0. The molecule has 4 rings (SSSR count). The Morgan fingerprint density at radius 1 is 1.21 bits per heavy atom. The molecule has 7 nitrogen and oxygen atoms in total. The third kappa shape index (κ3) is 3.24. The highest BCUT2D eigenvalue weighted by molar-refractivity contribution is 7.99. The Hall–Kier alpha value is -2.52. The van der Waals surface area contributed by atoms with Gasteiger partial charge >= 0.3 is 0 Å². The number of aromatic nitrogens is 3. The quantitative estimate of drug-likeness (QED) is 0.691. The predicted octanol–water partition coefficient (Wildman–Crippen LogP) is 2.81. The fraction of sp³-hybridized carbons (Fsp3) is 0.263. The highest BCUT2D eigenvalue weighted by atomic mass is 32.2. The number of fused-ring (bicyclic) bond motifs is 1. The number of benzene rings is 1. The minimum atomic E-state index is -3.75. The predicted molar refractivity (Wildman–Crippen MR) is 110 cm³/mol. The van der Waals surface area contributed by atoms with Crippen LogP contribution in [0, 0.1) is 0 Å². The summed E-state index contributed by atoms with van der Waals surface area (Å²) in [5.41, 5.74) is 1.38. The van der Waals surface area contributed by atoms with Crippen LogP contribution in [-0.2, 0) is 16.4 Å². The van der Waals surface area contributed by atoms with E-state index in [1.54, 1.807) is 49.0 Å². The third-order valence-corrected chi connectivity index (χ3v) is 7.69. The van der Waals surface area contributed by atoms with Gasteiger partial charge in [0.25, 0.3) is 15.6 Å². The van der Waals surface area contributed by atoms with E-state index < -0.39 is 10.0 Å². The molecular formula is C19H20N4O3S2. The van der Waals surface area contributed by atoms with Crippen LogP contribution < -0.4 is 9.86 Å². The molecule has 0 spiro atoms. The number of pyridine rings is 1. The van der Waals surface area contributed by atoms with E-state index >= 15 is 0 Å². The van der Waals surface area contributed by atoms with Crippen molar-refractivity contribution < 1.29 is 8.42 Å². The fourth-order valence-corrected chi connectivity index (χ4v) is 5.69. The van der Waals surface area contributed by atoms with Crippen LogP contribution in [0.4, 0.5) is 5.69 Å². The molecule has 3 heterocycles. The molecule has 0 saturated carbocycles. The minimum absolute atomic E-state index is 0.0840. The van der Waals surface area contributed by atoms with Gasteiger partial charge in [-0.2, -0.15) is 0 Å². The second kappa shape index (κ2) is 7.48. The van der Waals surface area contributed by atoms with Crippen LogP contribution in [0.2, 0.25) is 0 Å². The second-order valence-electron chi connectivity index (χ2n) is 6.37. The molecule has 9 heteroatoms. The monoisotopic (exact) mass is 416 g/mol. The van der Waals surface area contributed by atoms with E-state index in [4.69, 9.17) is 0 Å². The SMILES string of the molecule is CCN(c1ccccc1)S(=O)(=O)c1ccc(-n2[nH]c3c(c2=O)SCCC3)nc1. The average Bonchev–Trinajstić information content (AvgIpc) is 3.06. The molecule has 28 heavy (non-hydrogen) atoms. The summed E-state index contributed by atoms with van der Waals surface area (Å²) in [6.07, 6.45) is 3.16. The minimum Gasteiger partial charge on any atom is -0.292 e. The molecule has 0 amide bonds. The Morgan fingerprint density at radius 3 is 2.64 bits per heavy atom. The Labute approximate surface area is 167 Å². The van der Waals surface area contributed by atoms with E-state index in [0.29, 0.717) is 18.1 Å². The Morgan fingerprint density at radius 2 is 2.00 bits per heavy atom. The van der Waals surface area contributed by atoms with Gasteiger partial charge in [-0.25, -0.2) is 18.1 Å². The Kier molecular flexibility index (Phi) is 5.03. The van der Waals surface area contributed by atoms with Crippen molar-refractivity contribution >= 4 is 27.5 Å². The first-order valence-electron chi connectivity index (χ1n) is 9.03. The lowest BCUT2D eigenvalue weighted by Crippen LogP contribution is -2.30. The van der Waals surface area contributed by atoms with Gasteiger partial charge in [-0.3, -0.25) is 14.2 Å². The highest BCUT2D eigenvalue weighted by Gasteiger charge is 2.25. The molecule has 0 atom stereocenters. The fourth-order valence-electron chi connectivity index (χ4n) is 3.24. The van der Waals surface area contributed by atoms with E-state index in [2.05, 4.69) is 10.1 Å². The molecule has 0 aliphatic carbocycles. The number of sulfonamides is 1. The lowest BCUT2D eigenvalue weighted by Gasteiger charge is -2.22. The standard InChI is InChI=1S/C19H20N4O3S2/c1-2-22(14-7-4-3-5-8-14)28(25,26)15-10-11-17(20-13-15)23-19(24)18-16(21-23)9-6-12-27-18/h3-5,7-8,10-11,13,21H,2,6,9,12H2,1H3. The van der Waals surface area contributed by atoms with Crippen molar-refractivity contribution in [2.75, 3.05) is 16.6 Å². The molecule has 1 aromatic carbocycles. The maximum Gasteiger partial charge on any atom is 0.286 e. The van der Waals surface area contributed by atoms with Gasteiger partial charge in [-0.05, 0) is 49.8 Å². The van der Waals surface area contributed by atoms with Crippen molar-refractivity contribution in [2.45, 2.75) is 29.6 Å². The van der Waals surface area contributed by atoms with E-state index in [9.17, 15) is 13.2 Å². The summed E-state index contributed by atoms with van der Waals surface area (Å²) in [7, 11) is -3.75. The average molecular weight is 417 g/mol. The van der Waals surface area contributed by atoms with Gasteiger partial charge in [0, 0.05) is 12.7 Å². The first-order chi connectivity index (χ1) is 13.5. The molecule has 0 unspecified atom stereocenters. The van der Waals surface area contributed by atoms with Crippen molar-refractivity contribution in [1.82, 2.24) is 14.8 Å². The number of anilines is 1. The number of aromatic amines is 1. The Balaban J connectivity index is 1.68. The van der Waals surface area contributed by atoms with E-state index in [1.165, 1.54) is 21.3 Å². The summed E-state index contributed by atoms with van der Waals surface area (Å²) in [6, 6.07) is 12.0. The molecular weight excluding hydrogens is 396 g/mol. The molecule has 146 valence electrons. The number of nitrogens with zero attached hydrogens (tertiary/aromatic N) is 3. The number of hydrogen-bond acceptors (Lipinski definition) is 5. The van der Waals surface area contributed by atoms with Gasteiger partial charge in [0.05, 0.1) is 16.3 Å². The molecule has 1 N–H and O–H groups in total. The van der Waals surface area contributed by atoms with Crippen molar-refractivity contribution in [3.05, 3.63) is 64.7 Å². The summed E-state index contributed by atoms with van der Waals surface area (Å²) >= 11 is 1.55. The molecule has 3 aromatic rings. The van der Waals surface area contributed by atoms with E-state index in [-0.39, 0.29) is 10.5 Å². The van der Waals surface area contributed by atoms with Crippen molar-refractivity contribution in [2.24, 2.45) is 0 Å². The van der Waals surface area contributed by atoms with Gasteiger partial charge in [0.1, 0.15) is 4.90 Å². The van der Waals surface area contributed by atoms with Crippen LogP contribution >= 0.6 is 11.8 Å². The number of aryl methyl sites for hydroxylation is 1. The van der Waals surface area contributed by atoms with E-state index in [1.807, 2.05) is 6.07 Å².